The number of halogens is 3. The normalized spacial score (nSPS) is 21.5. The molecule has 0 radical (unpaired) electrons. The van der Waals surface area contributed by atoms with Crippen LogP contribution in [0, 0.1) is 5.92 Å². The number of hydrogen-bond donors (Lipinski definition) is 4. The van der Waals surface area contributed by atoms with Crippen LogP contribution in [0.5, 0.6) is 5.75 Å². The Kier molecular flexibility index (Phi) is 12.0. The molecule has 2 aromatic rings. The van der Waals surface area contributed by atoms with Crippen LogP contribution in [0.25, 0.3) is 0 Å². The Morgan fingerprint density at radius 1 is 1.10 bits per heavy atom. The number of benzene rings is 2. The van der Waals surface area contributed by atoms with Crippen molar-refractivity contribution in [3.8, 4) is 5.75 Å². The van der Waals surface area contributed by atoms with Gasteiger partial charge in [0.2, 0.25) is 0 Å². The molecule has 1 aliphatic rings. The topological polar surface area (TPSA) is 112 Å². The number of hydrogen-bond acceptors (Lipinski definition) is 6. The molecule has 0 aliphatic carbocycles. The predicted molar refractivity (Wildman–Crippen MR) is 155 cm³/mol. The molecule has 1 aliphatic heterocycles. The number of fused-ring (bicyclic) bond motifs is 1. The van der Waals surface area contributed by atoms with Gasteiger partial charge in [-0.1, -0.05) is 6.92 Å². The molecule has 0 bridgehead atoms. The first-order valence-corrected chi connectivity index (χ1v) is 14.2. The number of aliphatic hydroxyl groups is 1. The molecule has 42 heavy (non-hydrogen) atoms. The molecule has 3 rings (SSSR count). The molecule has 2 aromatic carbocycles. The minimum atomic E-state index is -4.48. The number of amides is 3. The van der Waals surface area contributed by atoms with E-state index in [-0.39, 0.29) is 47.6 Å². The fourth-order valence-corrected chi connectivity index (χ4v) is 4.73. The molecule has 232 valence electrons. The van der Waals surface area contributed by atoms with Crippen molar-refractivity contribution in [2.75, 3.05) is 44.0 Å². The van der Waals surface area contributed by atoms with Crippen LogP contribution in [0.1, 0.15) is 56.0 Å². The molecule has 0 unspecified atom stereocenters. The molecule has 0 spiro atoms. The van der Waals surface area contributed by atoms with E-state index < -0.39 is 23.8 Å². The number of carbonyl (C=O) groups excluding carboxylic acids is 2. The van der Waals surface area contributed by atoms with E-state index in [0.29, 0.717) is 25.4 Å². The van der Waals surface area contributed by atoms with Gasteiger partial charge in [0.05, 0.1) is 36.0 Å². The maximum Gasteiger partial charge on any atom is 0.416 e. The number of nitrogens with one attached hydrogen (secondary N) is 3. The first-order chi connectivity index (χ1) is 19.9. The lowest BCUT2D eigenvalue weighted by Crippen LogP contribution is -2.47. The van der Waals surface area contributed by atoms with E-state index in [1.54, 1.807) is 24.0 Å². The summed E-state index contributed by atoms with van der Waals surface area (Å²) in [5, 5.41) is 18.3. The van der Waals surface area contributed by atoms with Crippen LogP contribution < -0.4 is 20.7 Å². The smallest absolute Gasteiger partial charge is 0.416 e. The fraction of sp³-hybridized carbons (Fsp3) is 0.533. The van der Waals surface area contributed by atoms with E-state index in [4.69, 9.17) is 9.47 Å². The molecular weight excluding hydrogens is 553 g/mol. The lowest BCUT2D eigenvalue weighted by molar-refractivity contribution is -0.137. The van der Waals surface area contributed by atoms with Crippen LogP contribution in [-0.2, 0) is 10.9 Å². The van der Waals surface area contributed by atoms with Crippen LogP contribution in [0.4, 0.5) is 29.3 Å². The summed E-state index contributed by atoms with van der Waals surface area (Å²) in [4.78, 5) is 28.3. The second kappa shape index (κ2) is 15.2. The Morgan fingerprint density at radius 2 is 1.76 bits per heavy atom. The monoisotopic (exact) mass is 594 g/mol. The summed E-state index contributed by atoms with van der Waals surface area (Å²) < 4.78 is 50.9. The number of urea groups is 1. The number of anilines is 2. The Morgan fingerprint density at radius 3 is 2.40 bits per heavy atom. The van der Waals surface area contributed by atoms with Crippen LogP contribution >= 0.6 is 0 Å². The quantitative estimate of drug-likeness (QED) is 0.358. The number of carbonyl (C=O) groups is 2. The van der Waals surface area contributed by atoms with Gasteiger partial charge in [-0.05, 0) is 82.6 Å². The number of ether oxygens (including phenoxy) is 2. The van der Waals surface area contributed by atoms with Gasteiger partial charge in [-0.25, -0.2) is 4.79 Å². The molecule has 4 N–H and O–H groups in total. The van der Waals surface area contributed by atoms with Gasteiger partial charge < -0.3 is 35.4 Å². The number of alkyl halides is 3. The van der Waals surface area contributed by atoms with E-state index in [1.807, 2.05) is 20.9 Å². The average molecular weight is 595 g/mol. The molecule has 3 amide bonds. The van der Waals surface area contributed by atoms with Gasteiger partial charge in [-0.2, -0.15) is 13.2 Å². The van der Waals surface area contributed by atoms with Gasteiger partial charge in [-0.3, -0.25) is 4.79 Å². The van der Waals surface area contributed by atoms with Gasteiger partial charge in [0, 0.05) is 37.0 Å². The van der Waals surface area contributed by atoms with E-state index >= 15 is 0 Å². The largest absolute Gasteiger partial charge is 0.490 e. The Bertz CT molecular complexity index is 1180. The summed E-state index contributed by atoms with van der Waals surface area (Å²) in [6, 6.07) is 7.58. The van der Waals surface area contributed by atoms with E-state index in [0.717, 1.165) is 43.5 Å². The molecular formula is C30H41F3N4O5. The van der Waals surface area contributed by atoms with E-state index in [9.17, 15) is 27.9 Å². The van der Waals surface area contributed by atoms with Gasteiger partial charge in [0.25, 0.3) is 5.91 Å². The van der Waals surface area contributed by atoms with Gasteiger partial charge in [0.1, 0.15) is 5.75 Å². The highest BCUT2D eigenvalue weighted by molar-refractivity contribution is 6.02. The van der Waals surface area contributed by atoms with Crippen molar-refractivity contribution in [3.05, 3.63) is 53.6 Å². The Hall–Kier alpha value is -3.35. The zero-order valence-corrected chi connectivity index (χ0v) is 24.5. The Balaban J connectivity index is 1.89. The molecule has 4 atom stereocenters. The highest BCUT2D eigenvalue weighted by atomic mass is 19.4. The molecule has 0 aromatic heterocycles. The second-order valence-electron chi connectivity index (χ2n) is 10.7. The van der Waals surface area contributed by atoms with Crippen LogP contribution in [0.15, 0.2) is 42.5 Å². The van der Waals surface area contributed by atoms with Gasteiger partial charge in [0.15, 0.2) is 0 Å². The molecule has 9 nitrogen and oxygen atoms in total. The third-order valence-electron chi connectivity index (χ3n) is 7.18. The zero-order chi connectivity index (χ0) is 30.9. The summed E-state index contributed by atoms with van der Waals surface area (Å²) in [6.07, 6.45) is -2.34. The third-order valence-corrected chi connectivity index (χ3v) is 7.18. The van der Waals surface area contributed by atoms with Crippen molar-refractivity contribution in [1.29, 1.82) is 0 Å². The Labute approximate surface area is 244 Å². The lowest BCUT2D eigenvalue weighted by atomic mass is 10.0. The van der Waals surface area contributed by atoms with Crippen molar-refractivity contribution in [2.24, 2.45) is 5.92 Å². The number of rotatable bonds is 6. The molecule has 0 fully saturated rings. The summed E-state index contributed by atoms with van der Waals surface area (Å²) in [5.41, 5.74) is -0.163. The van der Waals surface area contributed by atoms with Gasteiger partial charge >= 0.3 is 12.2 Å². The summed E-state index contributed by atoms with van der Waals surface area (Å²) in [7, 11) is 1.85. The zero-order valence-electron chi connectivity index (χ0n) is 24.5. The first kappa shape index (κ1) is 33.2. The van der Waals surface area contributed by atoms with Crippen molar-refractivity contribution in [2.45, 2.75) is 64.5 Å². The SMILES string of the molecule is CNC[C@@H]1OCCCC[C@@H](C)Oc2ccc(NC(=O)Nc3ccc(C(F)(F)F)cc3)cc2C(=O)N([C@@H](C)CO)C[C@H]1C. The third kappa shape index (κ3) is 9.33. The van der Waals surface area contributed by atoms with E-state index in [2.05, 4.69) is 16.0 Å². The van der Waals surface area contributed by atoms with Gasteiger partial charge in [-0.15, -0.1) is 0 Å². The highest BCUT2D eigenvalue weighted by Crippen LogP contribution is 2.31. The number of likely N-dealkylation sites (N-methyl/N-ethyl adjacent to an activating group) is 1. The van der Waals surface area contributed by atoms with Crippen LogP contribution in [0.2, 0.25) is 0 Å². The average Bonchev–Trinajstić information content (AvgIpc) is 2.94. The number of nitrogens with zero attached hydrogens (tertiary/aromatic N) is 1. The van der Waals surface area contributed by atoms with Crippen molar-refractivity contribution >= 4 is 23.3 Å². The fourth-order valence-electron chi connectivity index (χ4n) is 4.73. The predicted octanol–water partition coefficient (Wildman–Crippen LogP) is 5.36. The van der Waals surface area contributed by atoms with Crippen molar-refractivity contribution in [3.63, 3.8) is 0 Å². The minimum Gasteiger partial charge on any atom is -0.490 e. The first-order valence-electron chi connectivity index (χ1n) is 14.2. The van der Waals surface area contributed by atoms with Crippen molar-refractivity contribution < 1.29 is 37.3 Å². The summed E-state index contributed by atoms with van der Waals surface area (Å²) in [5.74, 6) is -0.0841. The van der Waals surface area contributed by atoms with Crippen LogP contribution in [0.3, 0.4) is 0 Å². The maximum absolute atomic E-state index is 14.0. The van der Waals surface area contributed by atoms with Crippen LogP contribution in [-0.4, -0.2) is 73.5 Å². The summed E-state index contributed by atoms with van der Waals surface area (Å²) in [6.45, 7) is 6.93. The molecule has 0 saturated carbocycles. The standard InChI is InChI=1S/C30H41F3N4O5/c1-19-17-37(20(2)18-38)28(39)25-15-24(36-29(40)35-23-10-8-22(9-11-23)30(31,32)33)12-13-26(25)42-21(3)7-5-6-14-41-27(19)16-34-4/h8-13,15,19-21,27,34,38H,5-7,14,16-18H2,1-4H3,(H2,35,36,40)/t19-,20+,21-,27+/m1/s1. The maximum atomic E-state index is 14.0. The minimum absolute atomic E-state index is 0.0579. The highest BCUT2D eigenvalue weighted by Gasteiger charge is 2.31. The summed E-state index contributed by atoms with van der Waals surface area (Å²) >= 11 is 0. The lowest BCUT2D eigenvalue weighted by Gasteiger charge is -2.34. The molecule has 12 heteroatoms. The second-order valence-corrected chi connectivity index (χ2v) is 10.7. The molecule has 1 heterocycles. The molecule has 0 saturated heterocycles. The van der Waals surface area contributed by atoms with E-state index in [1.165, 1.54) is 6.07 Å². The van der Waals surface area contributed by atoms with Crippen molar-refractivity contribution in [1.82, 2.24) is 10.2 Å². The number of aliphatic hydroxyl groups excluding tert-OH is 1.